The molecule has 0 radical (unpaired) electrons. The van der Waals surface area contributed by atoms with Crippen LogP contribution in [0.3, 0.4) is 0 Å². The predicted octanol–water partition coefficient (Wildman–Crippen LogP) is 11.9. The van der Waals surface area contributed by atoms with Crippen LogP contribution in [0.15, 0.2) is 24.3 Å². The van der Waals surface area contributed by atoms with E-state index in [0.717, 1.165) is 0 Å². The Morgan fingerprint density at radius 1 is 0.258 bits per heavy atom. The van der Waals surface area contributed by atoms with Crippen LogP contribution >= 0.6 is 0 Å². The van der Waals surface area contributed by atoms with E-state index in [1.807, 2.05) is 0 Å². The lowest BCUT2D eigenvalue weighted by atomic mass is 10.0. The van der Waals surface area contributed by atoms with Gasteiger partial charge in [0, 0.05) is 0 Å². The molecule has 0 amide bonds. The first-order valence-corrected chi connectivity index (χ1v) is 14.7. The molecule has 0 rings (SSSR count). The van der Waals surface area contributed by atoms with Crippen molar-refractivity contribution in [1.82, 2.24) is 0 Å². The van der Waals surface area contributed by atoms with Crippen molar-refractivity contribution in [3.63, 3.8) is 0 Å². The van der Waals surface area contributed by atoms with Gasteiger partial charge in [0.1, 0.15) is 0 Å². The van der Waals surface area contributed by atoms with Crippen LogP contribution in [0.1, 0.15) is 174 Å². The van der Waals surface area contributed by atoms with Gasteiger partial charge in [-0.05, 0) is 51.4 Å². The van der Waals surface area contributed by atoms with Crippen LogP contribution in [0, 0.1) is 0 Å². The van der Waals surface area contributed by atoms with Crippen LogP contribution in [0.5, 0.6) is 0 Å². The van der Waals surface area contributed by atoms with E-state index in [1.54, 1.807) is 0 Å². The number of hydrogen-bond acceptors (Lipinski definition) is 0. The van der Waals surface area contributed by atoms with Crippen LogP contribution in [0.2, 0.25) is 0 Å². The summed E-state index contributed by atoms with van der Waals surface area (Å²) in [5, 5.41) is 0. The van der Waals surface area contributed by atoms with Crippen LogP contribution < -0.4 is 0 Å². The van der Waals surface area contributed by atoms with Crippen LogP contribution in [0.4, 0.5) is 0 Å². The van der Waals surface area contributed by atoms with Gasteiger partial charge in [0.2, 0.25) is 0 Å². The van der Waals surface area contributed by atoms with E-state index >= 15 is 0 Å². The quantitative estimate of drug-likeness (QED) is 0.0941. The first kappa shape index (κ1) is 30.5. The first-order valence-electron chi connectivity index (χ1n) is 14.7. The average molecular weight is 433 g/mol. The maximum Gasteiger partial charge on any atom is -0.0351 e. The number of hydrogen-bond donors (Lipinski definition) is 0. The van der Waals surface area contributed by atoms with Crippen LogP contribution in [0.25, 0.3) is 0 Å². The lowest BCUT2D eigenvalue weighted by Crippen LogP contribution is -1.82. The van der Waals surface area contributed by atoms with Gasteiger partial charge in [-0.3, -0.25) is 0 Å². The number of unbranched alkanes of at least 4 members (excludes halogenated alkanes) is 22. The molecule has 0 bridgehead atoms. The molecule has 184 valence electrons. The molecule has 0 atom stereocenters. The Kier molecular flexibility index (Phi) is 29.0. The second kappa shape index (κ2) is 29.5. The van der Waals surface area contributed by atoms with Gasteiger partial charge < -0.3 is 0 Å². The lowest BCUT2D eigenvalue weighted by molar-refractivity contribution is 0.540. The molecule has 0 heteroatoms. The van der Waals surface area contributed by atoms with E-state index < -0.39 is 0 Å². The molecule has 0 heterocycles. The number of rotatable bonds is 26. The second-order valence-corrected chi connectivity index (χ2v) is 9.82. The highest BCUT2D eigenvalue weighted by Gasteiger charge is 1.93. The van der Waals surface area contributed by atoms with Gasteiger partial charge in [0.25, 0.3) is 0 Å². The van der Waals surface area contributed by atoms with E-state index in [0.29, 0.717) is 0 Å². The van der Waals surface area contributed by atoms with Gasteiger partial charge in [0.15, 0.2) is 0 Å². The molecule has 0 saturated carbocycles. The third kappa shape index (κ3) is 29.5. The Morgan fingerprint density at radius 3 is 0.710 bits per heavy atom. The summed E-state index contributed by atoms with van der Waals surface area (Å²) in [5.41, 5.74) is 0. The highest BCUT2D eigenvalue weighted by molar-refractivity contribution is 4.82. The van der Waals surface area contributed by atoms with E-state index in [4.69, 9.17) is 0 Å². The van der Waals surface area contributed by atoms with Crippen molar-refractivity contribution in [2.75, 3.05) is 0 Å². The van der Waals surface area contributed by atoms with E-state index in [9.17, 15) is 0 Å². The summed E-state index contributed by atoms with van der Waals surface area (Å²) in [7, 11) is 0. The van der Waals surface area contributed by atoms with Crippen molar-refractivity contribution in [2.45, 2.75) is 174 Å². The third-order valence-corrected chi connectivity index (χ3v) is 6.52. The zero-order valence-corrected chi connectivity index (χ0v) is 22.0. The standard InChI is InChI=1S/C31H60/c1-3-5-7-9-11-13-15-17-19-21-23-25-27-29-31-30-28-26-24-22-20-18-16-14-12-10-8-6-4-2/h13,15,29,31H,3-12,14,16-28,30H2,1-2H3. The van der Waals surface area contributed by atoms with E-state index in [2.05, 4.69) is 38.2 Å². The zero-order chi connectivity index (χ0) is 22.5. The highest BCUT2D eigenvalue weighted by atomic mass is 14.0. The Hall–Kier alpha value is -0.520. The fourth-order valence-corrected chi connectivity index (χ4v) is 4.32. The summed E-state index contributed by atoms with van der Waals surface area (Å²) < 4.78 is 0. The maximum atomic E-state index is 2.44. The van der Waals surface area contributed by atoms with Gasteiger partial charge in [0.05, 0.1) is 0 Å². The molecular formula is C31H60. The van der Waals surface area contributed by atoms with Gasteiger partial charge in [-0.25, -0.2) is 0 Å². The molecule has 0 N–H and O–H groups in total. The van der Waals surface area contributed by atoms with Gasteiger partial charge >= 0.3 is 0 Å². The van der Waals surface area contributed by atoms with E-state index in [1.165, 1.54) is 161 Å². The molecule has 0 spiro atoms. The Balaban J connectivity index is 3.11. The first-order chi connectivity index (χ1) is 15.4. The van der Waals surface area contributed by atoms with Gasteiger partial charge in [-0.2, -0.15) is 0 Å². The molecule has 0 fully saturated rings. The fraction of sp³-hybridized carbons (Fsp3) is 0.871. The smallest absolute Gasteiger partial charge is 0.0351 e. The summed E-state index contributed by atoms with van der Waals surface area (Å²) in [6, 6.07) is 0. The largest absolute Gasteiger partial charge is 0.0885 e. The molecule has 0 saturated heterocycles. The topological polar surface area (TPSA) is 0 Å². The average Bonchev–Trinajstić information content (AvgIpc) is 2.78. The summed E-state index contributed by atoms with van der Waals surface area (Å²) >= 11 is 0. The summed E-state index contributed by atoms with van der Waals surface area (Å²) in [6.07, 6.45) is 44.9. The second-order valence-electron chi connectivity index (χ2n) is 9.82. The minimum Gasteiger partial charge on any atom is -0.0885 e. The highest BCUT2D eigenvalue weighted by Crippen LogP contribution is 2.13. The molecule has 31 heavy (non-hydrogen) atoms. The maximum absolute atomic E-state index is 2.44. The van der Waals surface area contributed by atoms with Crippen molar-refractivity contribution in [1.29, 1.82) is 0 Å². The van der Waals surface area contributed by atoms with Gasteiger partial charge in [-0.15, -0.1) is 0 Å². The molecule has 0 aliphatic carbocycles. The van der Waals surface area contributed by atoms with Crippen molar-refractivity contribution >= 4 is 0 Å². The molecule has 0 aromatic heterocycles. The summed E-state index contributed by atoms with van der Waals surface area (Å²) in [5.74, 6) is 0. The number of allylic oxidation sites excluding steroid dienone is 4. The molecule has 0 aromatic carbocycles. The molecular weight excluding hydrogens is 372 g/mol. The summed E-state index contributed by atoms with van der Waals surface area (Å²) in [4.78, 5) is 0. The molecule has 0 aromatic rings. The van der Waals surface area contributed by atoms with Gasteiger partial charge in [-0.1, -0.05) is 147 Å². The Bertz CT molecular complexity index is 351. The lowest BCUT2D eigenvalue weighted by Gasteiger charge is -2.02. The fourth-order valence-electron chi connectivity index (χ4n) is 4.32. The van der Waals surface area contributed by atoms with E-state index in [-0.39, 0.29) is 0 Å². The molecule has 0 unspecified atom stereocenters. The summed E-state index contributed by atoms with van der Waals surface area (Å²) in [6.45, 7) is 4.58. The monoisotopic (exact) mass is 432 g/mol. The minimum atomic E-state index is 1.29. The van der Waals surface area contributed by atoms with Crippen molar-refractivity contribution < 1.29 is 0 Å². The predicted molar refractivity (Wildman–Crippen MR) is 145 cm³/mol. The normalized spacial score (nSPS) is 11.9. The van der Waals surface area contributed by atoms with Crippen molar-refractivity contribution in [3.05, 3.63) is 24.3 Å². The van der Waals surface area contributed by atoms with Crippen LogP contribution in [-0.4, -0.2) is 0 Å². The molecule has 0 aliphatic rings. The van der Waals surface area contributed by atoms with Crippen molar-refractivity contribution in [3.8, 4) is 0 Å². The third-order valence-electron chi connectivity index (χ3n) is 6.52. The Morgan fingerprint density at radius 2 is 0.452 bits per heavy atom. The minimum absolute atomic E-state index is 1.29. The van der Waals surface area contributed by atoms with Crippen LogP contribution in [-0.2, 0) is 0 Å². The zero-order valence-electron chi connectivity index (χ0n) is 22.0. The Labute approximate surface area is 198 Å². The molecule has 0 aliphatic heterocycles. The molecule has 0 nitrogen and oxygen atoms in total. The van der Waals surface area contributed by atoms with Crippen molar-refractivity contribution in [2.24, 2.45) is 0 Å². The SMILES string of the molecule is CCCCCCC=CCCCCCCC=CCCCCCCCCCCCCCCC.